The first-order valence-electron chi connectivity index (χ1n) is 20.9. The van der Waals surface area contributed by atoms with E-state index in [9.17, 15) is 5.26 Å². The van der Waals surface area contributed by atoms with Crippen molar-refractivity contribution in [2.45, 2.75) is 56.8 Å². The third-order valence-corrected chi connectivity index (χ3v) is 15.8. The summed E-state index contributed by atoms with van der Waals surface area (Å²) in [5, 5.41) is 12.1. The lowest BCUT2D eigenvalue weighted by molar-refractivity contribution is -0.0417. The number of thiophene rings is 1. The monoisotopic (exact) mass is 766 g/mol. The van der Waals surface area contributed by atoms with Crippen LogP contribution in [0.5, 0.6) is 0 Å². The highest BCUT2D eigenvalue weighted by Crippen LogP contribution is 2.65. The SMILES string of the molecule is CC1(C)c2ccccc2-c2c(-c3nc(-c4ccccc4)nc(-c4ccc(C5(c6ccc7c(c6)sc6cc(C#N)ccc67)C6CC7CC(C6)CC5C7)cc4)n3)cccc21. The Balaban J connectivity index is 1.01. The van der Waals surface area contributed by atoms with Crippen molar-refractivity contribution < 1.29 is 0 Å². The van der Waals surface area contributed by atoms with Crippen LogP contribution in [-0.4, -0.2) is 15.0 Å². The topological polar surface area (TPSA) is 62.5 Å². The number of aromatic nitrogens is 3. The maximum atomic E-state index is 9.61. The molecule has 5 aliphatic rings. The summed E-state index contributed by atoms with van der Waals surface area (Å²) in [7, 11) is 0. The Morgan fingerprint density at radius 2 is 1.14 bits per heavy atom. The van der Waals surface area contributed by atoms with Crippen LogP contribution in [0.3, 0.4) is 0 Å². The van der Waals surface area contributed by atoms with E-state index in [1.807, 2.05) is 23.5 Å². The van der Waals surface area contributed by atoms with Gasteiger partial charge in [0.1, 0.15) is 0 Å². The van der Waals surface area contributed by atoms with E-state index in [4.69, 9.17) is 15.0 Å². The second kappa shape index (κ2) is 12.5. The van der Waals surface area contributed by atoms with Gasteiger partial charge in [0.05, 0.1) is 11.6 Å². The van der Waals surface area contributed by atoms with Crippen molar-refractivity contribution in [3.8, 4) is 51.4 Å². The van der Waals surface area contributed by atoms with Crippen LogP contribution in [-0.2, 0) is 10.8 Å². The first kappa shape index (κ1) is 34.1. The summed E-state index contributed by atoms with van der Waals surface area (Å²) in [4.78, 5) is 15.7. The molecule has 0 spiro atoms. The third kappa shape index (κ3) is 4.88. The Bertz CT molecular complexity index is 2980. The van der Waals surface area contributed by atoms with Gasteiger partial charge in [0.25, 0.3) is 0 Å². The summed E-state index contributed by atoms with van der Waals surface area (Å²) in [6.45, 7) is 4.64. The molecule has 0 saturated heterocycles. The summed E-state index contributed by atoms with van der Waals surface area (Å²) >= 11 is 1.83. The van der Waals surface area contributed by atoms with Crippen molar-refractivity contribution in [1.82, 2.24) is 15.0 Å². The number of hydrogen-bond donors (Lipinski definition) is 0. The van der Waals surface area contributed by atoms with Crippen LogP contribution in [0.4, 0.5) is 0 Å². The van der Waals surface area contributed by atoms with E-state index in [0.717, 1.165) is 34.1 Å². The van der Waals surface area contributed by atoms with Crippen LogP contribution in [0.1, 0.15) is 73.8 Å². The van der Waals surface area contributed by atoms with E-state index in [1.165, 1.54) is 85.7 Å². The van der Waals surface area contributed by atoms with Crippen molar-refractivity contribution in [3.63, 3.8) is 0 Å². The molecular weight excluding hydrogens is 725 g/mol. The predicted octanol–water partition coefficient (Wildman–Crippen LogP) is 13.2. The second-order valence-corrected chi connectivity index (χ2v) is 19.0. The first-order valence-corrected chi connectivity index (χ1v) is 21.7. The minimum Gasteiger partial charge on any atom is -0.208 e. The molecule has 58 heavy (non-hydrogen) atoms. The normalized spacial score (nSPS) is 23.5. The number of hydrogen-bond acceptors (Lipinski definition) is 5. The average Bonchev–Trinajstić information content (AvgIpc) is 3.74. The highest BCUT2D eigenvalue weighted by molar-refractivity contribution is 7.25. The summed E-state index contributed by atoms with van der Waals surface area (Å²) in [5.74, 6) is 5.02. The summed E-state index contributed by atoms with van der Waals surface area (Å²) in [6.07, 6.45) is 6.65. The van der Waals surface area contributed by atoms with E-state index < -0.39 is 0 Å². The van der Waals surface area contributed by atoms with E-state index in [0.29, 0.717) is 29.3 Å². The van der Waals surface area contributed by atoms with Crippen LogP contribution in [0.2, 0.25) is 0 Å². The molecule has 6 aromatic carbocycles. The fourth-order valence-corrected chi connectivity index (χ4v) is 13.5. The van der Waals surface area contributed by atoms with Crippen LogP contribution in [0.25, 0.3) is 65.5 Å². The molecule has 0 amide bonds. The number of nitriles is 1. The van der Waals surface area contributed by atoms with Crippen molar-refractivity contribution in [2.24, 2.45) is 23.7 Å². The van der Waals surface area contributed by atoms with Gasteiger partial charge in [-0.25, -0.2) is 15.0 Å². The van der Waals surface area contributed by atoms with E-state index in [2.05, 4.69) is 141 Å². The van der Waals surface area contributed by atoms with Gasteiger partial charge in [-0.2, -0.15) is 5.26 Å². The van der Waals surface area contributed by atoms with Crippen LogP contribution in [0.15, 0.2) is 133 Å². The summed E-state index contributed by atoms with van der Waals surface area (Å²) in [5.41, 5.74) is 11.6. The van der Waals surface area contributed by atoms with Gasteiger partial charge in [-0.3, -0.25) is 0 Å². The third-order valence-electron chi connectivity index (χ3n) is 14.6. The minimum atomic E-state index is -0.119. The summed E-state index contributed by atoms with van der Waals surface area (Å²) in [6, 6.07) is 50.9. The number of nitrogens with zero attached hydrogens (tertiary/aromatic N) is 4. The lowest BCUT2D eigenvalue weighted by Crippen LogP contribution is -2.56. The van der Waals surface area contributed by atoms with Gasteiger partial charge in [-0.15, -0.1) is 11.3 Å². The van der Waals surface area contributed by atoms with Gasteiger partial charge in [-0.05, 0) is 107 Å². The van der Waals surface area contributed by atoms with Crippen molar-refractivity contribution in [1.29, 1.82) is 5.26 Å². The zero-order valence-corrected chi connectivity index (χ0v) is 33.6. The predicted molar refractivity (Wildman–Crippen MR) is 236 cm³/mol. The van der Waals surface area contributed by atoms with E-state index in [-0.39, 0.29) is 10.8 Å². The first-order chi connectivity index (χ1) is 28.4. The van der Waals surface area contributed by atoms with Gasteiger partial charge in [-0.1, -0.05) is 129 Å². The Morgan fingerprint density at radius 1 is 0.552 bits per heavy atom. The maximum Gasteiger partial charge on any atom is 0.164 e. The lowest BCUT2D eigenvalue weighted by atomic mass is 9.42. The molecule has 4 saturated carbocycles. The van der Waals surface area contributed by atoms with E-state index >= 15 is 0 Å². The Hall–Kier alpha value is -5.96. The largest absolute Gasteiger partial charge is 0.208 e. The molecule has 13 rings (SSSR count). The number of rotatable bonds is 5. The van der Waals surface area contributed by atoms with Crippen LogP contribution < -0.4 is 0 Å². The van der Waals surface area contributed by atoms with Gasteiger partial charge in [0.15, 0.2) is 17.5 Å². The molecule has 2 aromatic heterocycles. The van der Waals surface area contributed by atoms with Crippen molar-refractivity contribution in [2.75, 3.05) is 0 Å². The molecule has 8 aromatic rings. The van der Waals surface area contributed by atoms with Gasteiger partial charge in [0, 0.05) is 47.7 Å². The standard InChI is InChI=1S/C53H42N4S/c1-52(2)44-13-7-6-11-42(44)48-43(12-8-14-45(48)52)51-56-49(34-9-4-3-5-10-34)55-50(57-51)35-16-18-36(19-17-35)53(38-24-32-23-33(26-38)27-39(53)25-32)37-20-22-41-40-21-15-31(30-54)28-46(40)58-47(41)29-37/h3-22,28-29,32-33,38-39H,23-27H2,1-2H3. The highest BCUT2D eigenvalue weighted by atomic mass is 32.1. The fraction of sp³-hybridized carbons (Fsp3) is 0.245. The van der Waals surface area contributed by atoms with Gasteiger partial charge >= 0.3 is 0 Å². The van der Waals surface area contributed by atoms with Crippen LogP contribution >= 0.6 is 11.3 Å². The van der Waals surface area contributed by atoms with Gasteiger partial charge < -0.3 is 0 Å². The molecule has 0 atom stereocenters. The highest BCUT2D eigenvalue weighted by Gasteiger charge is 2.58. The zero-order chi connectivity index (χ0) is 38.8. The van der Waals surface area contributed by atoms with Crippen LogP contribution in [0, 0.1) is 35.0 Å². The fourth-order valence-electron chi connectivity index (χ4n) is 12.3. The van der Waals surface area contributed by atoms with E-state index in [1.54, 1.807) is 0 Å². The number of fused-ring (bicyclic) bond motifs is 6. The Morgan fingerprint density at radius 3 is 1.86 bits per heavy atom. The molecule has 0 unspecified atom stereocenters. The molecule has 0 N–H and O–H groups in total. The molecule has 0 aliphatic heterocycles. The molecule has 280 valence electrons. The summed E-state index contributed by atoms with van der Waals surface area (Å²) < 4.78 is 2.51. The minimum absolute atomic E-state index is 0.0433. The Kier molecular flexibility index (Phi) is 7.36. The molecule has 5 heteroatoms. The van der Waals surface area contributed by atoms with Gasteiger partial charge in [0.2, 0.25) is 0 Å². The molecular formula is C53H42N4S. The smallest absolute Gasteiger partial charge is 0.164 e. The molecule has 2 heterocycles. The van der Waals surface area contributed by atoms with Crippen molar-refractivity contribution in [3.05, 3.63) is 161 Å². The zero-order valence-electron chi connectivity index (χ0n) is 32.7. The second-order valence-electron chi connectivity index (χ2n) is 18.0. The molecule has 4 bridgehead atoms. The quantitative estimate of drug-likeness (QED) is 0.175. The average molecular weight is 767 g/mol. The molecule has 0 radical (unpaired) electrons. The molecule has 4 fully saturated rings. The van der Waals surface area contributed by atoms with Crippen molar-refractivity contribution >= 4 is 31.5 Å². The number of benzene rings is 6. The maximum absolute atomic E-state index is 9.61. The Labute approximate surface area is 343 Å². The lowest BCUT2D eigenvalue weighted by Gasteiger charge is -2.62. The molecule has 4 nitrogen and oxygen atoms in total. The molecule has 5 aliphatic carbocycles.